The molecule has 0 unspecified atom stereocenters. The maximum absolute atomic E-state index is 9.10. The molecule has 1 N–H and O–H groups in total. The molecule has 0 radical (unpaired) electrons. The van der Waals surface area contributed by atoms with Gasteiger partial charge in [-0.3, -0.25) is 4.98 Å². The molecule has 0 atom stereocenters. The molecule has 0 saturated carbocycles. The molecule has 0 aliphatic carbocycles. The highest BCUT2D eigenvalue weighted by Gasteiger charge is 2.07. The number of pyridine rings is 1. The monoisotopic (exact) mass is 243 g/mol. The van der Waals surface area contributed by atoms with Gasteiger partial charge >= 0.3 is 0 Å². The van der Waals surface area contributed by atoms with Crippen molar-refractivity contribution >= 4 is 28.4 Å². The van der Waals surface area contributed by atoms with Gasteiger partial charge in [-0.1, -0.05) is 18.2 Å². The highest BCUT2D eigenvalue weighted by molar-refractivity contribution is 7.98. The van der Waals surface area contributed by atoms with Gasteiger partial charge in [-0.2, -0.15) is 17.0 Å². The molecular formula is C13H13N3S. The van der Waals surface area contributed by atoms with Crippen LogP contribution in [0.3, 0.4) is 0 Å². The second kappa shape index (κ2) is 5.55. The molecule has 0 amide bonds. The Bertz CT molecular complexity index is 560. The number of nitrogens with one attached hydrogen (secondary N) is 1. The van der Waals surface area contributed by atoms with Crippen molar-refractivity contribution < 1.29 is 0 Å². The Labute approximate surface area is 105 Å². The number of fused-ring (bicyclic) bond motifs is 1. The Hall–Kier alpha value is -1.73. The number of anilines is 1. The Balaban J connectivity index is 2.45. The maximum Gasteiger partial charge on any atom is 0.103 e. The van der Waals surface area contributed by atoms with Crippen molar-refractivity contribution in [2.45, 2.75) is 0 Å². The van der Waals surface area contributed by atoms with Gasteiger partial charge in [-0.15, -0.1) is 0 Å². The molecule has 0 spiro atoms. The second-order valence-electron chi connectivity index (χ2n) is 3.60. The Morgan fingerprint density at radius 2 is 2.24 bits per heavy atom. The van der Waals surface area contributed by atoms with Crippen molar-refractivity contribution in [1.29, 1.82) is 5.26 Å². The molecule has 1 aromatic heterocycles. The number of thioether (sulfide) groups is 1. The van der Waals surface area contributed by atoms with Crippen LogP contribution in [0.2, 0.25) is 0 Å². The molecule has 3 nitrogen and oxygen atoms in total. The average Bonchev–Trinajstić information content (AvgIpc) is 2.39. The molecule has 0 bridgehead atoms. The molecule has 0 fully saturated rings. The van der Waals surface area contributed by atoms with E-state index in [0.29, 0.717) is 5.56 Å². The van der Waals surface area contributed by atoms with Crippen molar-refractivity contribution in [2.75, 3.05) is 23.9 Å². The van der Waals surface area contributed by atoms with Crippen LogP contribution in [0.1, 0.15) is 5.56 Å². The van der Waals surface area contributed by atoms with E-state index < -0.39 is 0 Å². The summed E-state index contributed by atoms with van der Waals surface area (Å²) in [5.74, 6) is 1.02. The zero-order valence-corrected chi connectivity index (χ0v) is 10.4. The smallest absolute Gasteiger partial charge is 0.103 e. The lowest BCUT2D eigenvalue weighted by atomic mass is 10.1. The van der Waals surface area contributed by atoms with E-state index in [4.69, 9.17) is 5.26 Å². The van der Waals surface area contributed by atoms with Gasteiger partial charge < -0.3 is 5.32 Å². The molecule has 1 heterocycles. The van der Waals surface area contributed by atoms with E-state index in [0.717, 1.165) is 28.9 Å². The summed E-state index contributed by atoms with van der Waals surface area (Å²) in [4.78, 5) is 4.27. The van der Waals surface area contributed by atoms with Crippen LogP contribution < -0.4 is 5.32 Å². The fourth-order valence-corrected chi connectivity index (χ4v) is 2.00. The lowest BCUT2D eigenvalue weighted by molar-refractivity contribution is 1.22. The first-order valence-corrected chi connectivity index (χ1v) is 6.77. The van der Waals surface area contributed by atoms with E-state index in [-0.39, 0.29) is 0 Å². The van der Waals surface area contributed by atoms with Gasteiger partial charge in [0.1, 0.15) is 6.07 Å². The minimum absolute atomic E-state index is 0.602. The topological polar surface area (TPSA) is 48.7 Å². The van der Waals surface area contributed by atoms with Crippen molar-refractivity contribution in [1.82, 2.24) is 4.98 Å². The van der Waals surface area contributed by atoms with E-state index in [2.05, 4.69) is 22.6 Å². The number of hydrogen-bond donors (Lipinski definition) is 1. The molecule has 2 aromatic rings. The van der Waals surface area contributed by atoms with E-state index >= 15 is 0 Å². The first-order chi connectivity index (χ1) is 8.36. The highest BCUT2D eigenvalue weighted by Crippen LogP contribution is 2.25. The Morgan fingerprint density at radius 1 is 1.41 bits per heavy atom. The van der Waals surface area contributed by atoms with Gasteiger partial charge in [0.25, 0.3) is 0 Å². The SMILES string of the molecule is CSCCNc1c(C#N)cnc2ccccc12. The van der Waals surface area contributed by atoms with Crippen molar-refractivity contribution in [3.8, 4) is 6.07 Å². The quantitative estimate of drug-likeness (QED) is 0.839. The predicted molar refractivity (Wildman–Crippen MR) is 73.3 cm³/mol. The lowest BCUT2D eigenvalue weighted by Gasteiger charge is -2.10. The lowest BCUT2D eigenvalue weighted by Crippen LogP contribution is -2.06. The van der Waals surface area contributed by atoms with Crippen LogP contribution in [0.25, 0.3) is 10.9 Å². The number of nitriles is 1. The normalized spacial score (nSPS) is 10.1. The van der Waals surface area contributed by atoms with E-state index in [9.17, 15) is 0 Å². The summed E-state index contributed by atoms with van der Waals surface area (Å²) >= 11 is 1.78. The summed E-state index contributed by atoms with van der Waals surface area (Å²) in [6, 6.07) is 10.0. The Morgan fingerprint density at radius 3 is 3.00 bits per heavy atom. The van der Waals surface area contributed by atoms with Gasteiger partial charge in [-0.05, 0) is 12.3 Å². The summed E-state index contributed by atoms with van der Waals surface area (Å²) in [6.45, 7) is 0.851. The van der Waals surface area contributed by atoms with Gasteiger partial charge in [-0.25, -0.2) is 0 Å². The van der Waals surface area contributed by atoms with Gasteiger partial charge in [0.2, 0.25) is 0 Å². The summed E-state index contributed by atoms with van der Waals surface area (Å²) < 4.78 is 0. The standard InChI is InChI=1S/C13H13N3S/c1-17-7-6-15-13-10(8-14)9-16-12-5-3-2-4-11(12)13/h2-5,9H,6-7H2,1H3,(H,15,16). The van der Waals surface area contributed by atoms with Gasteiger partial charge in [0.05, 0.1) is 16.8 Å². The summed E-state index contributed by atoms with van der Waals surface area (Å²) in [6.07, 6.45) is 3.70. The highest BCUT2D eigenvalue weighted by atomic mass is 32.2. The zero-order valence-electron chi connectivity index (χ0n) is 9.60. The van der Waals surface area contributed by atoms with Crippen LogP contribution in [0.4, 0.5) is 5.69 Å². The number of aromatic nitrogens is 1. The van der Waals surface area contributed by atoms with Crippen LogP contribution in [-0.2, 0) is 0 Å². The van der Waals surface area contributed by atoms with Crippen molar-refractivity contribution in [3.63, 3.8) is 0 Å². The second-order valence-corrected chi connectivity index (χ2v) is 4.58. The molecule has 86 valence electrons. The van der Waals surface area contributed by atoms with E-state index in [1.165, 1.54) is 0 Å². The molecule has 1 aromatic carbocycles. The number of rotatable bonds is 4. The minimum Gasteiger partial charge on any atom is -0.383 e. The molecule has 0 saturated heterocycles. The first-order valence-electron chi connectivity index (χ1n) is 5.37. The largest absolute Gasteiger partial charge is 0.383 e. The van der Waals surface area contributed by atoms with Crippen LogP contribution in [-0.4, -0.2) is 23.5 Å². The minimum atomic E-state index is 0.602. The predicted octanol–water partition coefficient (Wildman–Crippen LogP) is 2.88. The van der Waals surface area contributed by atoms with Gasteiger partial charge in [0.15, 0.2) is 0 Å². The van der Waals surface area contributed by atoms with E-state index in [1.54, 1.807) is 18.0 Å². The van der Waals surface area contributed by atoms with E-state index in [1.807, 2.05) is 24.3 Å². The molecular weight excluding hydrogens is 230 g/mol. The molecule has 2 rings (SSSR count). The number of nitrogens with zero attached hydrogens (tertiary/aromatic N) is 2. The fourth-order valence-electron chi connectivity index (χ4n) is 1.69. The van der Waals surface area contributed by atoms with Crippen LogP contribution in [0, 0.1) is 11.3 Å². The number of para-hydroxylation sites is 1. The molecule has 0 aliphatic heterocycles. The number of benzene rings is 1. The van der Waals surface area contributed by atoms with Crippen molar-refractivity contribution in [3.05, 3.63) is 36.0 Å². The van der Waals surface area contributed by atoms with Crippen LogP contribution >= 0.6 is 11.8 Å². The third-order valence-corrected chi connectivity index (χ3v) is 3.12. The number of hydrogen-bond acceptors (Lipinski definition) is 4. The van der Waals surface area contributed by atoms with Crippen LogP contribution in [0.5, 0.6) is 0 Å². The van der Waals surface area contributed by atoms with Gasteiger partial charge in [0, 0.05) is 23.9 Å². The summed E-state index contributed by atoms with van der Waals surface area (Å²) in [7, 11) is 0. The molecule has 0 aliphatic rings. The van der Waals surface area contributed by atoms with Crippen LogP contribution in [0.15, 0.2) is 30.5 Å². The summed E-state index contributed by atoms with van der Waals surface area (Å²) in [5.41, 5.74) is 2.41. The molecule has 17 heavy (non-hydrogen) atoms. The first kappa shape index (κ1) is 11.7. The fraction of sp³-hybridized carbons (Fsp3) is 0.231. The zero-order chi connectivity index (χ0) is 12.1. The Kier molecular flexibility index (Phi) is 3.84. The molecule has 4 heteroatoms. The third kappa shape index (κ3) is 2.51. The third-order valence-electron chi connectivity index (χ3n) is 2.50. The van der Waals surface area contributed by atoms with Crippen molar-refractivity contribution in [2.24, 2.45) is 0 Å². The average molecular weight is 243 g/mol. The summed E-state index contributed by atoms with van der Waals surface area (Å²) in [5, 5.41) is 13.4. The maximum atomic E-state index is 9.10.